The number of benzene rings is 3. The molecule has 0 unspecified atom stereocenters. The Labute approximate surface area is 184 Å². The molecule has 0 spiro atoms. The van der Waals surface area contributed by atoms with Crippen molar-refractivity contribution in [1.82, 2.24) is 5.32 Å². The van der Waals surface area contributed by atoms with E-state index in [4.69, 9.17) is 16.3 Å². The molecule has 0 heterocycles. The topological polar surface area (TPSA) is 58.6 Å². The quantitative estimate of drug-likeness (QED) is 0.422. The number of phenols is 1. The van der Waals surface area contributed by atoms with Crippen molar-refractivity contribution in [1.29, 1.82) is 0 Å². The van der Waals surface area contributed by atoms with Crippen molar-refractivity contribution in [3.8, 4) is 28.7 Å². The lowest BCUT2D eigenvalue weighted by atomic mass is 9.98. The van der Waals surface area contributed by atoms with E-state index in [1.54, 1.807) is 0 Å². The molecule has 2 N–H and O–H groups in total. The first-order chi connectivity index (χ1) is 15.0. The number of carbonyl (C=O) groups excluding carboxylic acids is 1. The minimum Gasteiger partial charge on any atom is -0.504 e. The van der Waals surface area contributed by atoms with Crippen LogP contribution in [0.25, 0.3) is 11.1 Å². The molecule has 0 bridgehead atoms. The van der Waals surface area contributed by atoms with Gasteiger partial charge in [0.15, 0.2) is 11.6 Å². The summed E-state index contributed by atoms with van der Waals surface area (Å²) in [5.41, 5.74) is 4.74. The van der Waals surface area contributed by atoms with Gasteiger partial charge in [-0.3, -0.25) is 0 Å². The van der Waals surface area contributed by atoms with E-state index in [1.807, 2.05) is 24.3 Å². The first-order valence-electron chi connectivity index (χ1n) is 9.80. The molecule has 3 aromatic rings. The van der Waals surface area contributed by atoms with E-state index in [2.05, 4.69) is 41.4 Å². The van der Waals surface area contributed by atoms with E-state index < -0.39 is 17.7 Å². The smallest absolute Gasteiger partial charge is 0.407 e. The third-order valence-electron chi connectivity index (χ3n) is 5.11. The number of alkyl carbamates (subject to hydrolysis) is 1. The van der Waals surface area contributed by atoms with Gasteiger partial charge in [-0.1, -0.05) is 72.0 Å². The fourth-order valence-corrected chi connectivity index (χ4v) is 3.90. The molecule has 0 fully saturated rings. The fraction of sp³-hybridized carbons (Fsp3) is 0.160. The Kier molecular flexibility index (Phi) is 6.11. The zero-order valence-corrected chi connectivity index (χ0v) is 17.2. The number of amides is 1. The molecule has 0 aliphatic heterocycles. The monoisotopic (exact) mass is 435 g/mol. The average Bonchev–Trinajstić information content (AvgIpc) is 3.09. The molecule has 0 saturated carbocycles. The standard InChI is InChI=1S/C25H19ClFNO3/c26-17-13-16(24(29)23(27)14-17)7-5-6-12-28-25(30)31-15-22-20-10-3-1-8-18(20)19-9-2-4-11-21(19)22/h1-4,8-11,13-14,22,29H,6,12,15H2,(H,28,30). The van der Waals surface area contributed by atoms with E-state index in [9.17, 15) is 14.3 Å². The first-order valence-corrected chi connectivity index (χ1v) is 10.2. The van der Waals surface area contributed by atoms with Gasteiger partial charge in [0.25, 0.3) is 0 Å². The summed E-state index contributed by atoms with van der Waals surface area (Å²) >= 11 is 5.76. The maximum absolute atomic E-state index is 13.4. The highest BCUT2D eigenvalue weighted by molar-refractivity contribution is 6.30. The summed E-state index contributed by atoms with van der Waals surface area (Å²) in [4.78, 5) is 12.1. The highest BCUT2D eigenvalue weighted by Crippen LogP contribution is 2.44. The Hall–Kier alpha value is -3.49. The molecular weight excluding hydrogens is 417 g/mol. The number of halogens is 2. The maximum atomic E-state index is 13.4. The molecular formula is C25H19ClFNO3. The van der Waals surface area contributed by atoms with Crippen LogP contribution in [0.1, 0.15) is 29.0 Å². The molecule has 1 aliphatic rings. The first kappa shape index (κ1) is 20.8. The van der Waals surface area contributed by atoms with Gasteiger partial charge in [-0.05, 0) is 34.4 Å². The van der Waals surface area contributed by atoms with Crippen molar-refractivity contribution in [2.24, 2.45) is 0 Å². The molecule has 0 radical (unpaired) electrons. The molecule has 3 aromatic carbocycles. The predicted octanol–water partition coefficient (Wildman–Crippen LogP) is 5.47. The molecule has 6 heteroatoms. The number of fused-ring (bicyclic) bond motifs is 3. The van der Waals surface area contributed by atoms with Crippen LogP contribution in [0.4, 0.5) is 9.18 Å². The number of nitrogens with one attached hydrogen (secondary N) is 1. The van der Waals surface area contributed by atoms with E-state index in [0.29, 0.717) is 6.42 Å². The van der Waals surface area contributed by atoms with Crippen LogP contribution in [0.2, 0.25) is 5.02 Å². The second-order valence-corrected chi connectivity index (χ2v) is 7.52. The van der Waals surface area contributed by atoms with Crippen LogP contribution >= 0.6 is 11.6 Å². The molecule has 1 aliphatic carbocycles. The van der Waals surface area contributed by atoms with Gasteiger partial charge >= 0.3 is 6.09 Å². The molecule has 31 heavy (non-hydrogen) atoms. The molecule has 1 amide bonds. The van der Waals surface area contributed by atoms with Gasteiger partial charge in [-0.25, -0.2) is 9.18 Å². The van der Waals surface area contributed by atoms with Gasteiger partial charge in [-0.2, -0.15) is 0 Å². The Morgan fingerprint density at radius 2 is 1.74 bits per heavy atom. The Morgan fingerprint density at radius 3 is 2.42 bits per heavy atom. The molecule has 4 nitrogen and oxygen atoms in total. The van der Waals surface area contributed by atoms with Gasteiger partial charge in [0.1, 0.15) is 6.61 Å². The summed E-state index contributed by atoms with van der Waals surface area (Å²) in [7, 11) is 0. The van der Waals surface area contributed by atoms with Crippen molar-refractivity contribution < 1.29 is 19.0 Å². The number of ether oxygens (including phenoxy) is 1. The number of hydrogen-bond donors (Lipinski definition) is 2. The zero-order chi connectivity index (χ0) is 21.8. The maximum Gasteiger partial charge on any atom is 0.407 e. The summed E-state index contributed by atoms with van der Waals surface area (Å²) < 4.78 is 18.9. The van der Waals surface area contributed by atoms with Gasteiger partial charge < -0.3 is 15.2 Å². The third-order valence-corrected chi connectivity index (χ3v) is 5.33. The van der Waals surface area contributed by atoms with E-state index in [1.165, 1.54) is 17.2 Å². The zero-order valence-electron chi connectivity index (χ0n) is 16.5. The predicted molar refractivity (Wildman–Crippen MR) is 118 cm³/mol. The number of hydrogen-bond acceptors (Lipinski definition) is 3. The molecule has 0 aromatic heterocycles. The summed E-state index contributed by atoms with van der Waals surface area (Å²) in [6.45, 7) is 0.495. The van der Waals surface area contributed by atoms with E-state index in [0.717, 1.165) is 17.2 Å². The summed E-state index contributed by atoms with van der Waals surface area (Å²) in [6, 6.07) is 18.7. The minimum absolute atomic E-state index is 0.00126. The molecule has 0 atom stereocenters. The Balaban J connectivity index is 1.30. The number of rotatable bonds is 4. The van der Waals surface area contributed by atoms with Gasteiger partial charge in [0.05, 0.1) is 5.56 Å². The van der Waals surface area contributed by atoms with Gasteiger partial charge in [0.2, 0.25) is 0 Å². The Morgan fingerprint density at radius 1 is 1.10 bits per heavy atom. The third kappa shape index (κ3) is 4.50. The fourth-order valence-electron chi connectivity index (χ4n) is 3.70. The molecule has 156 valence electrons. The van der Waals surface area contributed by atoms with Crippen molar-refractivity contribution in [2.75, 3.05) is 13.2 Å². The molecule has 0 saturated heterocycles. The Bertz CT molecular complexity index is 1150. The van der Waals surface area contributed by atoms with Crippen LogP contribution < -0.4 is 5.32 Å². The number of phenolic OH excluding ortho intramolecular Hbond substituents is 1. The van der Waals surface area contributed by atoms with Crippen LogP contribution in [-0.2, 0) is 4.74 Å². The lowest BCUT2D eigenvalue weighted by Gasteiger charge is -2.14. The number of carbonyl (C=O) groups is 1. The van der Waals surface area contributed by atoms with Crippen LogP contribution in [0.15, 0.2) is 60.7 Å². The van der Waals surface area contributed by atoms with Crippen LogP contribution in [-0.4, -0.2) is 24.4 Å². The lowest BCUT2D eigenvalue weighted by Crippen LogP contribution is -2.26. The second kappa shape index (κ2) is 9.11. The van der Waals surface area contributed by atoms with Crippen molar-refractivity contribution >= 4 is 17.7 Å². The van der Waals surface area contributed by atoms with Gasteiger partial charge in [0, 0.05) is 23.9 Å². The number of aromatic hydroxyl groups is 1. The normalized spacial score (nSPS) is 11.8. The highest BCUT2D eigenvalue weighted by Gasteiger charge is 2.28. The van der Waals surface area contributed by atoms with Crippen molar-refractivity contribution in [2.45, 2.75) is 12.3 Å². The minimum atomic E-state index is -0.825. The highest BCUT2D eigenvalue weighted by atomic mass is 35.5. The van der Waals surface area contributed by atoms with Crippen LogP contribution in [0, 0.1) is 17.7 Å². The lowest BCUT2D eigenvalue weighted by molar-refractivity contribution is 0.143. The SMILES string of the molecule is O=C(NCCC#Cc1cc(Cl)cc(F)c1O)OCC1c2ccccc2-c2ccccc21. The van der Waals surface area contributed by atoms with Crippen molar-refractivity contribution in [3.05, 3.63) is 88.2 Å². The largest absolute Gasteiger partial charge is 0.504 e. The summed E-state index contributed by atoms with van der Waals surface area (Å²) in [6.07, 6.45) is -0.224. The summed E-state index contributed by atoms with van der Waals surface area (Å²) in [5.74, 6) is 4.05. The average molecular weight is 436 g/mol. The molecule has 4 rings (SSSR count). The van der Waals surface area contributed by atoms with Gasteiger partial charge in [-0.15, -0.1) is 0 Å². The van der Waals surface area contributed by atoms with E-state index >= 15 is 0 Å². The van der Waals surface area contributed by atoms with Crippen molar-refractivity contribution in [3.63, 3.8) is 0 Å². The summed E-state index contributed by atoms with van der Waals surface area (Å²) in [5, 5.41) is 12.5. The van der Waals surface area contributed by atoms with Crippen LogP contribution in [0.5, 0.6) is 5.75 Å². The second-order valence-electron chi connectivity index (χ2n) is 7.09. The van der Waals surface area contributed by atoms with Crippen LogP contribution in [0.3, 0.4) is 0 Å². The van der Waals surface area contributed by atoms with E-state index in [-0.39, 0.29) is 29.7 Å².